The molecule has 0 bridgehead atoms. The average molecular weight is 319 g/mol. The van der Waals surface area contributed by atoms with Gasteiger partial charge in [0.05, 0.1) is 6.42 Å². The van der Waals surface area contributed by atoms with Crippen LogP contribution in [0.1, 0.15) is 16.6 Å². The van der Waals surface area contributed by atoms with Crippen molar-refractivity contribution >= 4 is 17.2 Å². The van der Waals surface area contributed by atoms with E-state index in [9.17, 15) is 18.0 Å². The van der Waals surface area contributed by atoms with E-state index in [-0.39, 0.29) is 31.1 Å². The molecule has 0 atom stereocenters. The number of carbonyl (C=O) groups excluding carboxylic acids is 1. The summed E-state index contributed by atoms with van der Waals surface area (Å²) in [5.41, 5.74) is 0. The van der Waals surface area contributed by atoms with Gasteiger partial charge in [-0.2, -0.15) is 18.2 Å². The van der Waals surface area contributed by atoms with E-state index in [2.05, 4.69) is 14.7 Å². The maximum atomic E-state index is 12.3. The number of hydrogen-bond acceptors (Lipinski definition) is 5. The molecule has 2 aromatic heterocycles. The first-order valence-corrected chi connectivity index (χ1v) is 6.90. The number of carbonyl (C=O) groups is 1. The monoisotopic (exact) mass is 319 g/mol. The van der Waals surface area contributed by atoms with Crippen LogP contribution in [0.5, 0.6) is 0 Å². The van der Waals surface area contributed by atoms with E-state index in [1.807, 2.05) is 17.5 Å². The van der Waals surface area contributed by atoms with Crippen LogP contribution in [0, 0.1) is 0 Å². The SMILES string of the molecule is CN(CCc1noc(C(F)(F)F)n1)C(=O)Cc1cccs1. The van der Waals surface area contributed by atoms with Crippen LogP contribution in [-0.4, -0.2) is 34.5 Å². The largest absolute Gasteiger partial charge is 0.471 e. The number of likely N-dealkylation sites (N-methyl/N-ethyl adjacent to an activating group) is 1. The van der Waals surface area contributed by atoms with E-state index >= 15 is 0 Å². The van der Waals surface area contributed by atoms with Crippen molar-refractivity contribution in [1.29, 1.82) is 0 Å². The van der Waals surface area contributed by atoms with Crippen molar-refractivity contribution in [2.75, 3.05) is 13.6 Å². The zero-order valence-electron chi connectivity index (χ0n) is 11.1. The predicted molar refractivity (Wildman–Crippen MR) is 68.7 cm³/mol. The van der Waals surface area contributed by atoms with Crippen molar-refractivity contribution in [3.8, 4) is 0 Å². The summed E-state index contributed by atoms with van der Waals surface area (Å²) >= 11 is 1.48. The van der Waals surface area contributed by atoms with Gasteiger partial charge in [0.15, 0.2) is 5.82 Å². The molecule has 2 heterocycles. The molecule has 0 saturated heterocycles. The number of thiophene rings is 1. The molecule has 21 heavy (non-hydrogen) atoms. The van der Waals surface area contributed by atoms with Crippen LogP contribution in [0.25, 0.3) is 0 Å². The molecule has 1 amide bonds. The van der Waals surface area contributed by atoms with Gasteiger partial charge in [-0.15, -0.1) is 11.3 Å². The van der Waals surface area contributed by atoms with Crippen LogP contribution < -0.4 is 0 Å². The third-order valence-corrected chi connectivity index (χ3v) is 3.59. The zero-order chi connectivity index (χ0) is 15.5. The normalized spacial score (nSPS) is 11.6. The van der Waals surface area contributed by atoms with Crippen molar-refractivity contribution in [2.24, 2.45) is 0 Å². The minimum Gasteiger partial charge on any atom is -0.345 e. The molecule has 0 aliphatic carbocycles. The van der Waals surface area contributed by atoms with Crippen LogP contribution >= 0.6 is 11.3 Å². The number of rotatable bonds is 5. The van der Waals surface area contributed by atoms with Crippen molar-refractivity contribution in [3.05, 3.63) is 34.1 Å². The van der Waals surface area contributed by atoms with Crippen molar-refractivity contribution < 1.29 is 22.5 Å². The smallest absolute Gasteiger partial charge is 0.345 e. The maximum Gasteiger partial charge on any atom is 0.471 e. The fourth-order valence-corrected chi connectivity index (χ4v) is 2.26. The molecule has 0 aliphatic rings. The van der Waals surface area contributed by atoms with E-state index in [1.54, 1.807) is 7.05 Å². The lowest BCUT2D eigenvalue weighted by atomic mass is 10.3. The van der Waals surface area contributed by atoms with Gasteiger partial charge in [-0.1, -0.05) is 11.2 Å². The first-order chi connectivity index (χ1) is 9.86. The van der Waals surface area contributed by atoms with Crippen LogP contribution in [0.15, 0.2) is 22.0 Å². The number of nitrogens with zero attached hydrogens (tertiary/aromatic N) is 3. The Kier molecular flexibility index (Phi) is 4.61. The van der Waals surface area contributed by atoms with E-state index in [1.165, 1.54) is 16.2 Å². The highest BCUT2D eigenvalue weighted by molar-refractivity contribution is 7.10. The van der Waals surface area contributed by atoms with Gasteiger partial charge >= 0.3 is 12.1 Å². The van der Waals surface area contributed by atoms with Crippen LogP contribution in [0.2, 0.25) is 0 Å². The molecular weight excluding hydrogens is 307 g/mol. The molecule has 114 valence electrons. The van der Waals surface area contributed by atoms with Crippen molar-refractivity contribution in [1.82, 2.24) is 15.0 Å². The Labute approximate surface area is 122 Å². The van der Waals surface area contributed by atoms with Gasteiger partial charge in [-0.05, 0) is 11.4 Å². The van der Waals surface area contributed by atoms with E-state index in [0.29, 0.717) is 0 Å². The minimum absolute atomic E-state index is 0.0712. The Morgan fingerprint density at radius 2 is 2.24 bits per heavy atom. The Morgan fingerprint density at radius 3 is 2.81 bits per heavy atom. The predicted octanol–water partition coefficient (Wildman–Crippen LogP) is 2.39. The molecule has 0 aromatic carbocycles. The molecule has 0 radical (unpaired) electrons. The summed E-state index contributed by atoms with van der Waals surface area (Å²) in [4.78, 5) is 17.5. The summed E-state index contributed by atoms with van der Waals surface area (Å²) in [6, 6.07) is 3.70. The van der Waals surface area contributed by atoms with Crippen LogP contribution in [0.4, 0.5) is 13.2 Å². The minimum atomic E-state index is -4.65. The lowest BCUT2D eigenvalue weighted by molar-refractivity contribution is -0.159. The second-order valence-corrected chi connectivity index (χ2v) is 5.37. The van der Waals surface area contributed by atoms with Gasteiger partial charge in [0.2, 0.25) is 5.91 Å². The van der Waals surface area contributed by atoms with Gasteiger partial charge in [-0.3, -0.25) is 4.79 Å². The quantitative estimate of drug-likeness (QED) is 0.849. The highest BCUT2D eigenvalue weighted by Gasteiger charge is 2.38. The summed E-state index contributed by atoms with van der Waals surface area (Å²) in [6.07, 6.45) is -4.27. The summed E-state index contributed by atoms with van der Waals surface area (Å²) in [7, 11) is 1.58. The first kappa shape index (κ1) is 15.5. The van der Waals surface area contributed by atoms with Crippen LogP contribution in [-0.2, 0) is 23.8 Å². The van der Waals surface area contributed by atoms with E-state index in [0.717, 1.165) is 4.88 Å². The number of hydrogen-bond donors (Lipinski definition) is 0. The highest BCUT2D eigenvalue weighted by Crippen LogP contribution is 2.27. The molecule has 5 nitrogen and oxygen atoms in total. The van der Waals surface area contributed by atoms with Gasteiger partial charge in [0.1, 0.15) is 0 Å². The fourth-order valence-electron chi connectivity index (χ4n) is 1.56. The number of halogens is 3. The van der Waals surface area contributed by atoms with Gasteiger partial charge in [-0.25, -0.2) is 0 Å². The number of aromatic nitrogens is 2. The third-order valence-electron chi connectivity index (χ3n) is 2.71. The molecule has 0 spiro atoms. The number of amides is 1. The Morgan fingerprint density at radius 1 is 1.48 bits per heavy atom. The topological polar surface area (TPSA) is 59.2 Å². The van der Waals surface area contributed by atoms with Crippen molar-refractivity contribution in [3.63, 3.8) is 0 Å². The lowest BCUT2D eigenvalue weighted by Gasteiger charge is -2.15. The second kappa shape index (κ2) is 6.25. The molecule has 2 rings (SSSR count). The molecule has 0 aliphatic heterocycles. The molecule has 0 fully saturated rings. The Balaban J connectivity index is 1.84. The number of alkyl halides is 3. The highest BCUT2D eigenvalue weighted by atomic mass is 32.1. The summed E-state index contributed by atoms with van der Waals surface area (Å²) in [5, 5.41) is 5.12. The third kappa shape index (κ3) is 4.28. The Bertz CT molecular complexity index is 595. The zero-order valence-corrected chi connectivity index (χ0v) is 11.9. The molecule has 0 N–H and O–H groups in total. The summed E-state index contributed by atoms with van der Waals surface area (Å²) in [5.74, 6) is -1.56. The molecule has 0 saturated carbocycles. The van der Waals surface area contributed by atoms with E-state index in [4.69, 9.17) is 0 Å². The Hall–Kier alpha value is -1.90. The molecule has 9 heteroatoms. The second-order valence-electron chi connectivity index (χ2n) is 4.33. The van der Waals surface area contributed by atoms with Crippen LogP contribution in [0.3, 0.4) is 0 Å². The van der Waals surface area contributed by atoms with Gasteiger partial charge in [0.25, 0.3) is 0 Å². The standard InChI is InChI=1S/C12H12F3N3O2S/c1-18(10(19)7-8-3-2-6-21-8)5-4-9-16-11(20-17-9)12(13,14)15/h2-3,6H,4-5,7H2,1H3. The van der Waals surface area contributed by atoms with E-state index < -0.39 is 12.1 Å². The first-order valence-electron chi connectivity index (χ1n) is 6.02. The summed E-state index contributed by atoms with van der Waals surface area (Å²) in [6.45, 7) is 0.223. The summed E-state index contributed by atoms with van der Waals surface area (Å²) < 4.78 is 41.0. The molecule has 0 unspecified atom stereocenters. The average Bonchev–Trinajstić information content (AvgIpc) is 3.05. The maximum absolute atomic E-state index is 12.3. The van der Waals surface area contributed by atoms with Gasteiger partial charge in [0, 0.05) is 24.9 Å². The van der Waals surface area contributed by atoms with Gasteiger partial charge < -0.3 is 9.42 Å². The fraction of sp³-hybridized carbons (Fsp3) is 0.417. The van der Waals surface area contributed by atoms with Crippen molar-refractivity contribution in [2.45, 2.75) is 19.0 Å². The lowest BCUT2D eigenvalue weighted by Crippen LogP contribution is -2.30. The molecule has 2 aromatic rings. The molecular formula is C12H12F3N3O2S.